The zero-order valence-electron chi connectivity index (χ0n) is 23.2. The van der Waals surface area contributed by atoms with Crippen LogP contribution in [0.5, 0.6) is 5.75 Å². The molecule has 5 rings (SSSR count). The average Bonchev–Trinajstić information content (AvgIpc) is 3.40. The van der Waals surface area contributed by atoms with Crippen LogP contribution in [0, 0.1) is 28.4 Å². The van der Waals surface area contributed by atoms with E-state index in [1.165, 1.54) is 49.6 Å². The van der Waals surface area contributed by atoms with Crippen molar-refractivity contribution in [1.82, 2.24) is 5.32 Å². The lowest BCUT2D eigenvalue weighted by Gasteiger charge is -2.37. The van der Waals surface area contributed by atoms with Crippen LogP contribution in [-0.2, 0) is 15.0 Å². The highest BCUT2D eigenvalue weighted by Crippen LogP contribution is 2.57. The number of hydrogen-bond donors (Lipinski definition) is 3. The summed E-state index contributed by atoms with van der Waals surface area (Å²) < 4.78 is 36.3. The number of nitriles is 1. The summed E-state index contributed by atoms with van der Waals surface area (Å²) in [5.74, 6) is -3.56. The van der Waals surface area contributed by atoms with Crippen molar-refractivity contribution in [2.45, 2.75) is 50.6 Å². The maximum atomic E-state index is 15.9. The molecule has 42 heavy (non-hydrogen) atoms. The lowest BCUT2D eigenvalue weighted by atomic mass is 9.62. The molecule has 3 aromatic rings. The Morgan fingerprint density at radius 3 is 2.55 bits per heavy atom. The lowest BCUT2D eigenvalue weighted by Crippen LogP contribution is -2.49. The molecule has 2 amide bonds. The summed E-state index contributed by atoms with van der Waals surface area (Å²) in [7, 11) is 1.40. The average molecular weight is 613 g/mol. The Balaban J connectivity index is 1.74. The molecule has 0 bridgehead atoms. The highest BCUT2D eigenvalue weighted by molar-refractivity contribution is 6.31. The van der Waals surface area contributed by atoms with Gasteiger partial charge in [0.05, 0.1) is 40.5 Å². The molecule has 11 heteroatoms. The van der Waals surface area contributed by atoms with Crippen molar-refractivity contribution >= 4 is 46.4 Å². The van der Waals surface area contributed by atoms with Gasteiger partial charge in [0.15, 0.2) is 0 Å². The van der Waals surface area contributed by atoms with E-state index in [0.29, 0.717) is 12.0 Å². The van der Waals surface area contributed by atoms with Gasteiger partial charge in [-0.2, -0.15) is 5.26 Å². The normalized spacial score (nSPS) is 22.9. The first-order chi connectivity index (χ1) is 19.8. The Labute approximate surface area is 252 Å². The molecule has 4 unspecified atom stereocenters. The van der Waals surface area contributed by atoms with Crippen molar-refractivity contribution in [2.24, 2.45) is 5.41 Å². The number of amides is 2. The minimum atomic E-state index is -1.61. The predicted molar refractivity (Wildman–Crippen MR) is 157 cm³/mol. The molecule has 0 saturated carbocycles. The molecular formula is C31H28Cl2F2N4O3. The van der Waals surface area contributed by atoms with Gasteiger partial charge < -0.3 is 20.7 Å². The monoisotopic (exact) mass is 612 g/mol. The van der Waals surface area contributed by atoms with E-state index in [1.54, 1.807) is 6.07 Å². The van der Waals surface area contributed by atoms with Gasteiger partial charge in [-0.15, -0.1) is 0 Å². The third-order valence-corrected chi connectivity index (χ3v) is 8.47. The van der Waals surface area contributed by atoms with Gasteiger partial charge in [0.1, 0.15) is 22.8 Å². The number of rotatable bonds is 5. The van der Waals surface area contributed by atoms with Gasteiger partial charge in [-0.3, -0.25) is 9.59 Å². The summed E-state index contributed by atoms with van der Waals surface area (Å²) in [6, 6.07) is 11.5. The van der Waals surface area contributed by atoms with Crippen LogP contribution in [0.2, 0.25) is 10.0 Å². The molecular weight excluding hydrogens is 585 g/mol. The van der Waals surface area contributed by atoms with Crippen LogP contribution in [0.1, 0.15) is 49.8 Å². The van der Waals surface area contributed by atoms with Crippen LogP contribution in [0.25, 0.3) is 0 Å². The van der Waals surface area contributed by atoms with E-state index in [1.807, 2.05) is 26.8 Å². The van der Waals surface area contributed by atoms with Crippen LogP contribution >= 0.6 is 23.2 Å². The Bertz CT molecular complexity index is 1650. The molecule has 3 N–H and O–H groups in total. The second kappa shape index (κ2) is 10.8. The fourth-order valence-corrected chi connectivity index (χ4v) is 6.58. The number of nitrogens with one attached hydrogen (secondary N) is 3. The third-order valence-electron chi connectivity index (χ3n) is 7.89. The minimum absolute atomic E-state index is 0.0247. The summed E-state index contributed by atoms with van der Waals surface area (Å²) >= 11 is 12.3. The standard InChI is InChI=1S/C31H28Cl2F2N4O3/c1-30(2,3)13-24-31(17-11-20(34)19(33)12-22(17)38-29(31)41)25(16-6-5-7-18(32)26(16)35)27(39-24)28(40)37-21-9-8-15(14-36)10-23(21)42-4/h5-12,24-25,27,39H,13H2,1-4H3,(H,37,40)(H,38,41). The maximum Gasteiger partial charge on any atom is 0.242 e. The molecule has 0 aliphatic carbocycles. The van der Waals surface area contributed by atoms with E-state index in [0.717, 1.165) is 0 Å². The molecule has 218 valence electrons. The Morgan fingerprint density at radius 1 is 1.14 bits per heavy atom. The minimum Gasteiger partial charge on any atom is -0.495 e. The molecule has 1 saturated heterocycles. The van der Waals surface area contributed by atoms with Crippen molar-refractivity contribution in [3.8, 4) is 11.8 Å². The summed E-state index contributed by atoms with van der Waals surface area (Å²) in [6.07, 6.45) is 0.368. The first-order valence-electron chi connectivity index (χ1n) is 13.2. The van der Waals surface area contributed by atoms with Gasteiger partial charge in [-0.25, -0.2) is 8.78 Å². The number of hydrogen-bond acceptors (Lipinski definition) is 5. The first-order valence-corrected chi connectivity index (χ1v) is 14.0. The lowest BCUT2D eigenvalue weighted by molar-refractivity contribution is -0.122. The Hall–Kier alpha value is -3.71. The van der Waals surface area contributed by atoms with Gasteiger partial charge in [0.2, 0.25) is 11.8 Å². The SMILES string of the molecule is COc1cc(C#N)ccc1NC(=O)C1NC(CC(C)(C)C)C2(C(=O)Nc3cc(Cl)c(F)cc32)C1c1cccc(Cl)c1F. The molecule has 1 spiro atoms. The van der Waals surface area contributed by atoms with Crippen LogP contribution in [-0.4, -0.2) is 31.0 Å². The number of methoxy groups -OCH3 is 1. The molecule has 2 heterocycles. The largest absolute Gasteiger partial charge is 0.495 e. The fourth-order valence-electron chi connectivity index (χ4n) is 6.24. The van der Waals surface area contributed by atoms with E-state index >= 15 is 8.78 Å². The Morgan fingerprint density at radius 2 is 1.88 bits per heavy atom. The van der Waals surface area contributed by atoms with Crippen molar-refractivity contribution in [2.75, 3.05) is 17.7 Å². The maximum absolute atomic E-state index is 15.9. The van der Waals surface area contributed by atoms with Gasteiger partial charge in [-0.05, 0) is 53.3 Å². The predicted octanol–water partition coefficient (Wildman–Crippen LogP) is 6.54. The fraction of sp³-hybridized carbons (Fsp3) is 0.323. The highest BCUT2D eigenvalue weighted by atomic mass is 35.5. The molecule has 0 aromatic heterocycles. The van der Waals surface area contributed by atoms with Crippen molar-refractivity contribution in [1.29, 1.82) is 5.26 Å². The van der Waals surface area contributed by atoms with Gasteiger partial charge >= 0.3 is 0 Å². The van der Waals surface area contributed by atoms with Crippen molar-refractivity contribution < 1.29 is 23.1 Å². The number of carbonyl (C=O) groups excluding carboxylic acids is 2. The summed E-state index contributed by atoms with van der Waals surface area (Å²) in [5.41, 5.74) is -0.797. The molecule has 2 aliphatic rings. The first kappa shape index (κ1) is 29.8. The summed E-state index contributed by atoms with van der Waals surface area (Å²) in [5, 5.41) is 17.9. The van der Waals surface area contributed by atoms with Crippen LogP contribution in [0.15, 0.2) is 48.5 Å². The molecule has 7 nitrogen and oxygen atoms in total. The quantitative estimate of drug-likeness (QED) is 0.303. The number of nitrogens with zero attached hydrogens (tertiary/aromatic N) is 1. The van der Waals surface area contributed by atoms with Crippen LogP contribution < -0.4 is 20.7 Å². The van der Waals surface area contributed by atoms with E-state index < -0.39 is 46.9 Å². The molecule has 0 radical (unpaired) electrons. The molecule has 2 aliphatic heterocycles. The van der Waals surface area contributed by atoms with E-state index in [2.05, 4.69) is 16.0 Å². The van der Waals surface area contributed by atoms with Crippen molar-refractivity contribution in [3.05, 3.63) is 86.9 Å². The molecule has 3 aromatic carbocycles. The molecule has 1 fully saturated rings. The van der Waals surface area contributed by atoms with E-state index in [9.17, 15) is 14.9 Å². The second-order valence-corrected chi connectivity index (χ2v) is 12.5. The highest BCUT2D eigenvalue weighted by Gasteiger charge is 2.66. The van der Waals surface area contributed by atoms with Crippen molar-refractivity contribution in [3.63, 3.8) is 0 Å². The number of anilines is 2. The molecule has 4 atom stereocenters. The van der Waals surface area contributed by atoms with Gasteiger partial charge in [-0.1, -0.05) is 56.1 Å². The number of halogens is 4. The number of benzene rings is 3. The van der Waals surface area contributed by atoms with E-state index in [-0.39, 0.29) is 43.7 Å². The van der Waals surface area contributed by atoms with Crippen LogP contribution in [0.4, 0.5) is 20.2 Å². The smallest absolute Gasteiger partial charge is 0.242 e. The number of ether oxygens (including phenoxy) is 1. The van der Waals surface area contributed by atoms with Crippen LogP contribution in [0.3, 0.4) is 0 Å². The topological polar surface area (TPSA) is 103 Å². The van der Waals surface area contributed by atoms with Gasteiger partial charge in [0, 0.05) is 23.7 Å². The third kappa shape index (κ3) is 4.87. The van der Waals surface area contributed by atoms with Gasteiger partial charge in [0.25, 0.3) is 0 Å². The summed E-state index contributed by atoms with van der Waals surface area (Å²) in [6.45, 7) is 5.92. The summed E-state index contributed by atoms with van der Waals surface area (Å²) in [4.78, 5) is 28.3. The zero-order chi connectivity index (χ0) is 30.6. The zero-order valence-corrected chi connectivity index (χ0v) is 24.8. The second-order valence-electron chi connectivity index (χ2n) is 11.7. The van der Waals surface area contributed by atoms with E-state index in [4.69, 9.17) is 27.9 Å². The number of fused-ring (bicyclic) bond motifs is 2. The Kier molecular flexibility index (Phi) is 7.69. The number of carbonyl (C=O) groups is 2.